The molecule has 0 aliphatic rings. The minimum Gasteiger partial charge on any atom is -0.383 e. The Bertz CT molecular complexity index is 1060. The van der Waals surface area contributed by atoms with Crippen LogP contribution >= 0.6 is 0 Å². The second kappa shape index (κ2) is 6.25. The number of aryl methyl sites for hydroxylation is 1. The first-order valence-corrected chi connectivity index (χ1v) is 7.97. The van der Waals surface area contributed by atoms with E-state index < -0.39 is 0 Å². The highest BCUT2D eigenvalue weighted by Gasteiger charge is 2.18. The molecule has 0 saturated heterocycles. The van der Waals surface area contributed by atoms with Crippen LogP contribution in [0.3, 0.4) is 0 Å². The number of rotatable bonds is 3. The number of anilines is 2. The van der Waals surface area contributed by atoms with Crippen molar-refractivity contribution in [3.63, 3.8) is 0 Å². The normalized spacial score (nSPS) is 10.8. The molecule has 1 aromatic carbocycles. The summed E-state index contributed by atoms with van der Waals surface area (Å²) in [5.74, 6) is 1.12. The average Bonchev–Trinajstić information content (AvgIpc) is 2.97. The third-order valence-corrected chi connectivity index (χ3v) is 3.88. The fourth-order valence-corrected chi connectivity index (χ4v) is 2.74. The van der Waals surface area contributed by atoms with Crippen LogP contribution < -0.4 is 11.5 Å². The maximum atomic E-state index is 6.35. The van der Waals surface area contributed by atoms with Gasteiger partial charge < -0.3 is 11.5 Å². The molecule has 0 unspecified atom stereocenters. The molecular weight excluding hydrogens is 328 g/mol. The molecule has 3 heterocycles. The molecule has 0 fully saturated rings. The van der Waals surface area contributed by atoms with E-state index in [4.69, 9.17) is 11.5 Å². The number of hydrogen-bond donors (Lipinski definition) is 2. The SMILES string of the molecule is Cc1nn(-c2nc(N)nc(-c3ccccn3)n2)c(N)c1-c1ccccc1. The van der Waals surface area contributed by atoms with Crippen LogP contribution in [0.15, 0.2) is 54.7 Å². The molecule has 8 heteroatoms. The lowest BCUT2D eigenvalue weighted by Gasteiger charge is -2.06. The third kappa shape index (κ3) is 2.73. The Kier molecular flexibility index (Phi) is 3.77. The van der Waals surface area contributed by atoms with Gasteiger partial charge in [0.05, 0.1) is 5.69 Å². The molecule has 0 saturated carbocycles. The molecule has 0 aliphatic carbocycles. The molecule has 4 rings (SSSR count). The Balaban J connectivity index is 1.86. The first-order valence-electron chi connectivity index (χ1n) is 7.97. The predicted molar refractivity (Wildman–Crippen MR) is 99.2 cm³/mol. The van der Waals surface area contributed by atoms with Crippen molar-refractivity contribution in [2.75, 3.05) is 11.5 Å². The standard InChI is InChI=1S/C18H16N8/c1-11-14(12-7-3-2-4-8-12)15(19)26(25-11)18-23-16(22-17(20)24-18)13-9-5-6-10-21-13/h2-10H,19H2,1H3,(H2,20,22,23,24). The lowest BCUT2D eigenvalue weighted by Crippen LogP contribution is -2.11. The Morgan fingerprint density at radius 3 is 2.38 bits per heavy atom. The van der Waals surface area contributed by atoms with Crippen LogP contribution in [-0.2, 0) is 0 Å². The van der Waals surface area contributed by atoms with Gasteiger partial charge in [0.25, 0.3) is 5.95 Å². The minimum atomic E-state index is 0.0736. The largest absolute Gasteiger partial charge is 0.383 e. The quantitative estimate of drug-likeness (QED) is 0.584. The lowest BCUT2D eigenvalue weighted by molar-refractivity contribution is 0.798. The van der Waals surface area contributed by atoms with Crippen LogP contribution in [0.4, 0.5) is 11.8 Å². The van der Waals surface area contributed by atoms with Crippen molar-refractivity contribution in [3.8, 4) is 28.6 Å². The van der Waals surface area contributed by atoms with Gasteiger partial charge in [0.15, 0.2) is 5.82 Å². The number of pyridine rings is 1. The highest BCUT2D eigenvalue weighted by atomic mass is 15.4. The van der Waals surface area contributed by atoms with E-state index in [1.165, 1.54) is 4.68 Å². The van der Waals surface area contributed by atoms with Crippen molar-refractivity contribution >= 4 is 11.8 Å². The van der Waals surface area contributed by atoms with E-state index in [-0.39, 0.29) is 11.9 Å². The van der Waals surface area contributed by atoms with E-state index in [1.807, 2.05) is 49.4 Å². The Morgan fingerprint density at radius 2 is 1.65 bits per heavy atom. The van der Waals surface area contributed by atoms with Crippen molar-refractivity contribution in [2.45, 2.75) is 6.92 Å². The topological polar surface area (TPSA) is 121 Å². The van der Waals surface area contributed by atoms with Crippen LogP contribution in [0.25, 0.3) is 28.6 Å². The smallest absolute Gasteiger partial charge is 0.257 e. The molecule has 0 radical (unpaired) electrons. The first kappa shape index (κ1) is 15.7. The summed E-state index contributed by atoms with van der Waals surface area (Å²) in [4.78, 5) is 17.0. The average molecular weight is 344 g/mol. The zero-order valence-corrected chi connectivity index (χ0v) is 14.0. The second-order valence-electron chi connectivity index (χ2n) is 5.66. The van der Waals surface area contributed by atoms with E-state index in [2.05, 4.69) is 25.0 Å². The molecule has 0 aliphatic heterocycles. The van der Waals surface area contributed by atoms with Crippen molar-refractivity contribution < 1.29 is 0 Å². The molecular formula is C18H16N8. The number of benzene rings is 1. The molecule has 4 N–H and O–H groups in total. The summed E-state index contributed by atoms with van der Waals surface area (Å²) >= 11 is 0. The van der Waals surface area contributed by atoms with E-state index in [0.717, 1.165) is 16.8 Å². The summed E-state index contributed by atoms with van der Waals surface area (Å²) in [7, 11) is 0. The highest BCUT2D eigenvalue weighted by molar-refractivity contribution is 5.77. The van der Waals surface area contributed by atoms with Crippen LogP contribution in [-0.4, -0.2) is 29.7 Å². The molecule has 26 heavy (non-hydrogen) atoms. The van der Waals surface area contributed by atoms with Gasteiger partial charge in [-0.3, -0.25) is 4.98 Å². The molecule has 0 bridgehead atoms. The van der Waals surface area contributed by atoms with Gasteiger partial charge in [0.2, 0.25) is 5.95 Å². The summed E-state index contributed by atoms with van der Waals surface area (Å²) < 4.78 is 1.47. The Hall–Kier alpha value is -3.81. The fourth-order valence-electron chi connectivity index (χ4n) is 2.74. The van der Waals surface area contributed by atoms with Gasteiger partial charge in [0.1, 0.15) is 11.5 Å². The fraction of sp³-hybridized carbons (Fsp3) is 0.0556. The van der Waals surface area contributed by atoms with Crippen molar-refractivity contribution in [2.24, 2.45) is 0 Å². The van der Waals surface area contributed by atoms with Gasteiger partial charge in [-0.05, 0) is 24.6 Å². The number of nitrogens with zero attached hydrogens (tertiary/aromatic N) is 6. The summed E-state index contributed by atoms with van der Waals surface area (Å²) in [6, 6.07) is 15.3. The van der Waals surface area contributed by atoms with Crippen molar-refractivity contribution in [3.05, 3.63) is 60.4 Å². The number of aromatic nitrogens is 6. The first-order chi connectivity index (χ1) is 12.6. The summed E-state index contributed by atoms with van der Waals surface area (Å²) in [6.07, 6.45) is 1.66. The van der Waals surface area contributed by atoms with E-state index in [1.54, 1.807) is 12.3 Å². The Morgan fingerprint density at radius 1 is 0.885 bits per heavy atom. The van der Waals surface area contributed by atoms with Gasteiger partial charge in [0, 0.05) is 11.8 Å². The second-order valence-corrected chi connectivity index (χ2v) is 5.66. The van der Waals surface area contributed by atoms with Crippen LogP contribution in [0.5, 0.6) is 0 Å². The molecule has 128 valence electrons. The molecule has 0 atom stereocenters. The number of hydrogen-bond acceptors (Lipinski definition) is 7. The maximum Gasteiger partial charge on any atom is 0.257 e. The summed E-state index contributed by atoms with van der Waals surface area (Å²) in [5, 5.41) is 4.50. The molecule has 0 amide bonds. The zero-order chi connectivity index (χ0) is 18.1. The zero-order valence-electron chi connectivity index (χ0n) is 14.0. The van der Waals surface area contributed by atoms with E-state index >= 15 is 0 Å². The van der Waals surface area contributed by atoms with E-state index in [9.17, 15) is 0 Å². The van der Waals surface area contributed by atoms with Gasteiger partial charge in [-0.1, -0.05) is 36.4 Å². The van der Waals surface area contributed by atoms with Crippen molar-refractivity contribution in [1.82, 2.24) is 29.7 Å². The lowest BCUT2D eigenvalue weighted by atomic mass is 10.1. The maximum absolute atomic E-state index is 6.35. The van der Waals surface area contributed by atoms with Crippen molar-refractivity contribution in [1.29, 1.82) is 0 Å². The van der Waals surface area contributed by atoms with Crippen LogP contribution in [0.2, 0.25) is 0 Å². The van der Waals surface area contributed by atoms with E-state index in [0.29, 0.717) is 17.3 Å². The molecule has 8 nitrogen and oxygen atoms in total. The highest BCUT2D eigenvalue weighted by Crippen LogP contribution is 2.30. The monoisotopic (exact) mass is 344 g/mol. The van der Waals surface area contributed by atoms with Gasteiger partial charge >= 0.3 is 0 Å². The molecule has 0 spiro atoms. The molecule has 4 aromatic rings. The third-order valence-electron chi connectivity index (χ3n) is 3.88. The Labute approximate surface area is 149 Å². The van der Waals surface area contributed by atoms with Gasteiger partial charge in [-0.25, -0.2) is 0 Å². The number of nitrogens with two attached hydrogens (primary N) is 2. The van der Waals surface area contributed by atoms with Crippen LogP contribution in [0.1, 0.15) is 5.69 Å². The summed E-state index contributed by atoms with van der Waals surface area (Å²) in [6.45, 7) is 1.89. The van der Waals surface area contributed by atoms with Crippen LogP contribution in [0, 0.1) is 6.92 Å². The number of nitrogen functional groups attached to an aromatic ring is 2. The molecule has 3 aromatic heterocycles. The van der Waals surface area contributed by atoms with Gasteiger partial charge in [-0.2, -0.15) is 24.7 Å². The van der Waals surface area contributed by atoms with Gasteiger partial charge in [-0.15, -0.1) is 0 Å². The predicted octanol–water partition coefficient (Wildman–Crippen LogP) is 2.26. The summed E-state index contributed by atoms with van der Waals surface area (Å²) in [5.41, 5.74) is 15.4. The minimum absolute atomic E-state index is 0.0736.